The topological polar surface area (TPSA) is 61.2 Å². The van der Waals surface area contributed by atoms with E-state index in [1.165, 1.54) is 4.57 Å². The standard InChI is InChI=1S/C10H12N2O2.ClH/c1-12-8-3-2-7(4-5-11)6-9(8)14-10(12)13;/h2-3,6H,4-5,11H2,1H3;1H. The van der Waals surface area contributed by atoms with Gasteiger partial charge in [-0.05, 0) is 30.7 Å². The van der Waals surface area contributed by atoms with Crippen LogP contribution in [0.3, 0.4) is 0 Å². The smallest absolute Gasteiger partial charge is 0.408 e. The Labute approximate surface area is 93.1 Å². The maximum atomic E-state index is 11.2. The van der Waals surface area contributed by atoms with Crippen LogP contribution in [0.25, 0.3) is 11.1 Å². The first-order chi connectivity index (χ1) is 6.72. The van der Waals surface area contributed by atoms with Gasteiger partial charge in [0.15, 0.2) is 5.58 Å². The van der Waals surface area contributed by atoms with E-state index in [4.69, 9.17) is 10.2 Å². The number of nitrogens with zero attached hydrogens (tertiary/aromatic N) is 1. The van der Waals surface area contributed by atoms with Crippen molar-refractivity contribution >= 4 is 23.5 Å². The summed E-state index contributed by atoms with van der Waals surface area (Å²) in [4.78, 5) is 11.2. The van der Waals surface area contributed by atoms with E-state index in [0.717, 1.165) is 17.5 Å². The van der Waals surface area contributed by atoms with Gasteiger partial charge in [-0.25, -0.2) is 4.79 Å². The van der Waals surface area contributed by atoms with Crippen LogP contribution in [0.15, 0.2) is 27.4 Å². The number of halogens is 1. The maximum Gasteiger partial charge on any atom is 0.419 e. The highest BCUT2D eigenvalue weighted by atomic mass is 35.5. The molecule has 0 aliphatic carbocycles. The largest absolute Gasteiger partial charge is 0.419 e. The zero-order valence-electron chi connectivity index (χ0n) is 8.40. The van der Waals surface area contributed by atoms with E-state index in [9.17, 15) is 4.79 Å². The predicted molar refractivity (Wildman–Crippen MR) is 61.5 cm³/mol. The lowest BCUT2D eigenvalue weighted by molar-refractivity contribution is 0.528. The van der Waals surface area contributed by atoms with Gasteiger partial charge in [-0.1, -0.05) is 6.07 Å². The number of benzene rings is 1. The minimum Gasteiger partial charge on any atom is -0.408 e. The first-order valence-corrected chi connectivity index (χ1v) is 4.51. The summed E-state index contributed by atoms with van der Waals surface area (Å²) in [6, 6.07) is 5.71. The molecule has 0 aliphatic heterocycles. The lowest BCUT2D eigenvalue weighted by Gasteiger charge is -1.97. The molecule has 1 heterocycles. The fraction of sp³-hybridized carbons (Fsp3) is 0.300. The van der Waals surface area contributed by atoms with E-state index in [1.54, 1.807) is 7.05 Å². The summed E-state index contributed by atoms with van der Waals surface area (Å²) < 4.78 is 6.54. The van der Waals surface area contributed by atoms with Gasteiger partial charge in [0.25, 0.3) is 0 Å². The molecule has 0 fully saturated rings. The summed E-state index contributed by atoms with van der Waals surface area (Å²) in [5.41, 5.74) is 7.98. The number of nitrogens with two attached hydrogens (primary N) is 1. The minimum absolute atomic E-state index is 0. The van der Waals surface area contributed by atoms with E-state index < -0.39 is 0 Å². The van der Waals surface area contributed by atoms with Gasteiger partial charge in [0, 0.05) is 7.05 Å². The molecule has 2 aromatic rings. The Morgan fingerprint density at radius 3 is 2.87 bits per heavy atom. The molecule has 0 spiro atoms. The minimum atomic E-state index is -0.329. The van der Waals surface area contributed by atoms with Gasteiger partial charge < -0.3 is 10.2 Å². The second-order valence-electron chi connectivity index (χ2n) is 3.27. The van der Waals surface area contributed by atoms with Crippen LogP contribution >= 0.6 is 12.4 Å². The molecule has 1 aromatic carbocycles. The number of rotatable bonds is 2. The van der Waals surface area contributed by atoms with Gasteiger partial charge >= 0.3 is 5.76 Å². The molecule has 0 saturated carbocycles. The molecule has 1 aromatic heterocycles. The van der Waals surface area contributed by atoms with Crippen LogP contribution in [0, 0.1) is 0 Å². The second kappa shape index (κ2) is 4.51. The fourth-order valence-electron chi connectivity index (χ4n) is 1.50. The molecule has 0 amide bonds. The molecule has 0 unspecified atom stereocenters. The fourth-order valence-corrected chi connectivity index (χ4v) is 1.50. The van der Waals surface area contributed by atoms with Crippen LogP contribution in [0.2, 0.25) is 0 Å². The predicted octanol–water partition coefficient (Wildman–Crippen LogP) is 1.05. The average Bonchev–Trinajstić information content (AvgIpc) is 2.43. The zero-order chi connectivity index (χ0) is 10.1. The Morgan fingerprint density at radius 1 is 1.47 bits per heavy atom. The molecule has 0 aliphatic rings. The molecule has 2 N–H and O–H groups in total. The monoisotopic (exact) mass is 228 g/mol. The van der Waals surface area contributed by atoms with Gasteiger partial charge in [0.2, 0.25) is 0 Å². The van der Waals surface area contributed by atoms with Crippen molar-refractivity contribution in [2.75, 3.05) is 6.54 Å². The lowest BCUT2D eigenvalue weighted by atomic mass is 10.1. The summed E-state index contributed by atoms with van der Waals surface area (Å²) >= 11 is 0. The molecule has 4 nitrogen and oxygen atoms in total. The zero-order valence-corrected chi connectivity index (χ0v) is 9.21. The highest BCUT2D eigenvalue weighted by molar-refractivity contribution is 5.85. The Bertz CT molecular complexity index is 516. The molecule has 0 radical (unpaired) electrons. The average molecular weight is 229 g/mol. The molecule has 15 heavy (non-hydrogen) atoms. The van der Waals surface area contributed by atoms with Crippen LogP contribution in [0.4, 0.5) is 0 Å². The molecule has 2 rings (SSSR count). The maximum absolute atomic E-state index is 11.2. The normalized spacial score (nSPS) is 10.3. The molecule has 5 heteroatoms. The first-order valence-electron chi connectivity index (χ1n) is 4.51. The van der Waals surface area contributed by atoms with E-state index in [-0.39, 0.29) is 18.2 Å². The summed E-state index contributed by atoms with van der Waals surface area (Å²) in [5.74, 6) is -0.329. The Kier molecular flexibility index (Phi) is 3.55. The van der Waals surface area contributed by atoms with Crippen molar-refractivity contribution in [3.8, 4) is 0 Å². The third-order valence-electron chi connectivity index (χ3n) is 2.29. The summed E-state index contributed by atoms with van der Waals surface area (Å²) in [7, 11) is 1.69. The Hall–Kier alpha value is -1.26. The molecular weight excluding hydrogens is 216 g/mol. The highest BCUT2D eigenvalue weighted by Crippen LogP contribution is 2.14. The number of fused-ring (bicyclic) bond motifs is 1. The first kappa shape index (κ1) is 11.8. The third kappa shape index (κ3) is 2.06. The number of aryl methyl sites for hydroxylation is 1. The summed E-state index contributed by atoms with van der Waals surface area (Å²) in [6.07, 6.45) is 0.800. The molecule has 0 atom stereocenters. The number of hydrogen-bond donors (Lipinski definition) is 1. The third-order valence-corrected chi connectivity index (χ3v) is 2.29. The van der Waals surface area contributed by atoms with Crippen molar-refractivity contribution in [3.05, 3.63) is 34.3 Å². The Morgan fingerprint density at radius 2 is 2.20 bits per heavy atom. The van der Waals surface area contributed by atoms with E-state index in [1.807, 2.05) is 18.2 Å². The molecule has 82 valence electrons. The lowest BCUT2D eigenvalue weighted by Crippen LogP contribution is -2.08. The summed E-state index contributed by atoms with van der Waals surface area (Å²) in [6.45, 7) is 0.600. The van der Waals surface area contributed by atoms with Crippen LogP contribution in [-0.4, -0.2) is 11.1 Å². The SMILES string of the molecule is Cl.Cn1c(=O)oc2cc(CCN)ccc21. The van der Waals surface area contributed by atoms with Crippen molar-refractivity contribution in [1.29, 1.82) is 0 Å². The van der Waals surface area contributed by atoms with Gasteiger partial charge in [-0.15, -0.1) is 12.4 Å². The van der Waals surface area contributed by atoms with Crippen molar-refractivity contribution < 1.29 is 4.42 Å². The van der Waals surface area contributed by atoms with Crippen molar-refractivity contribution in [2.24, 2.45) is 12.8 Å². The van der Waals surface area contributed by atoms with Gasteiger partial charge in [0.1, 0.15) is 0 Å². The van der Waals surface area contributed by atoms with Crippen LogP contribution in [0.5, 0.6) is 0 Å². The number of hydrogen-bond acceptors (Lipinski definition) is 3. The van der Waals surface area contributed by atoms with Crippen molar-refractivity contribution in [3.63, 3.8) is 0 Å². The van der Waals surface area contributed by atoms with E-state index in [0.29, 0.717) is 12.1 Å². The van der Waals surface area contributed by atoms with Crippen LogP contribution in [-0.2, 0) is 13.5 Å². The van der Waals surface area contributed by atoms with Crippen LogP contribution < -0.4 is 11.5 Å². The van der Waals surface area contributed by atoms with E-state index >= 15 is 0 Å². The van der Waals surface area contributed by atoms with Crippen LogP contribution in [0.1, 0.15) is 5.56 Å². The van der Waals surface area contributed by atoms with Crippen molar-refractivity contribution in [1.82, 2.24) is 4.57 Å². The highest BCUT2D eigenvalue weighted by Gasteiger charge is 2.05. The number of aromatic nitrogens is 1. The van der Waals surface area contributed by atoms with Gasteiger partial charge in [-0.2, -0.15) is 0 Å². The van der Waals surface area contributed by atoms with Gasteiger partial charge in [-0.3, -0.25) is 4.57 Å². The van der Waals surface area contributed by atoms with E-state index in [2.05, 4.69) is 0 Å². The molecule has 0 saturated heterocycles. The molecular formula is C10H13ClN2O2. The second-order valence-corrected chi connectivity index (χ2v) is 3.27. The van der Waals surface area contributed by atoms with Crippen molar-refractivity contribution in [2.45, 2.75) is 6.42 Å². The number of oxazole rings is 1. The Balaban J connectivity index is 0.00000112. The summed E-state index contributed by atoms with van der Waals surface area (Å²) in [5, 5.41) is 0. The van der Waals surface area contributed by atoms with Gasteiger partial charge in [0.05, 0.1) is 5.52 Å². The quantitative estimate of drug-likeness (QED) is 0.836. The molecule has 0 bridgehead atoms.